The minimum absolute atomic E-state index is 0.644. The quantitative estimate of drug-likeness (QED) is 0.659. The third-order valence-electron chi connectivity index (χ3n) is 2.91. The first kappa shape index (κ1) is 12.0. The van der Waals surface area contributed by atoms with E-state index >= 15 is 0 Å². The van der Waals surface area contributed by atoms with Gasteiger partial charge < -0.3 is 14.8 Å². The van der Waals surface area contributed by atoms with Crippen molar-refractivity contribution in [1.29, 1.82) is 0 Å². The summed E-state index contributed by atoms with van der Waals surface area (Å²) in [7, 11) is 2.05. The van der Waals surface area contributed by atoms with Crippen molar-refractivity contribution >= 4 is 0 Å². The fourth-order valence-electron chi connectivity index (χ4n) is 2.05. The van der Waals surface area contributed by atoms with Crippen LogP contribution in [0.15, 0.2) is 0 Å². The Morgan fingerprint density at radius 1 is 1.50 bits per heavy atom. The SMILES string of the molecule is CCOCCCC1COCCC1NC. The van der Waals surface area contributed by atoms with Gasteiger partial charge in [0.25, 0.3) is 0 Å². The average Bonchev–Trinajstić information content (AvgIpc) is 2.25. The predicted octanol–water partition coefficient (Wildman–Crippen LogP) is 1.43. The lowest BCUT2D eigenvalue weighted by atomic mass is 9.91. The maximum Gasteiger partial charge on any atom is 0.0509 e. The molecule has 0 saturated carbocycles. The number of nitrogens with one attached hydrogen (secondary N) is 1. The van der Waals surface area contributed by atoms with Gasteiger partial charge in [-0.25, -0.2) is 0 Å². The summed E-state index contributed by atoms with van der Waals surface area (Å²) in [6, 6.07) is 0.644. The summed E-state index contributed by atoms with van der Waals surface area (Å²) in [5.41, 5.74) is 0. The van der Waals surface area contributed by atoms with Crippen LogP contribution in [0, 0.1) is 5.92 Å². The van der Waals surface area contributed by atoms with E-state index in [0.29, 0.717) is 12.0 Å². The van der Waals surface area contributed by atoms with Crippen LogP contribution in [0.4, 0.5) is 0 Å². The lowest BCUT2D eigenvalue weighted by molar-refractivity contribution is 0.0261. The molecule has 3 nitrogen and oxygen atoms in total. The summed E-state index contributed by atoms with van der Waals surface area (Å²) >= 11 is 0. The molecule has 0 bridgehead atoms. The van der Waals surface area contributed by atoms with E-state index in [9.17, 15) is 0 Å². The Kier molecular flexibility index (Phi) is 6.15. The van der Waals surface area contributed by atoms with Gasteiger partial charge in [0.05, 0.1) is 6.61 Å². The molecule has 1 N–H and O–H groups in total. The molecule has 1 rings (SSSR count). The number of ether oxygens (including phenoxy) is 2. The molecule has 14 heavy (non-hydrogen) atoms. The van der Waals surface area contributed by atoms with Crippen molar-refractivity contribution in [1.82, 2.24) is 5.32 Å². The van der Waals surface area contributed by atoms with E-state index in [4.69, 9.17) is 9.47 Å². The zero-order valence-electron chi connectivity index (χ0n) is 9.42. The van der Waals surface area contributed by atoms with Gasteiger partial charge >= 0.3 is 0 Å². The molecule has 0 radical (unpaired) electrons. The highest BCUT2D eigenvalue weighted by atomic mass is 16.5. The van der Waals surface area contributed by atoms with Gasteiger partial charge in [-0.3, -0.25) is 0 Å². The van der Waals surface area contributed by atoms with Gasteiger partial charge in [-0.15, -0.1) is 0 Å². The van der Waals surface area contributed by atoms with Gasteiger partial charge in [-0.1, -0.05) is 0 Å². The molecular formula is C11H23NO2. The molecule has 1 aliphatic heterocycles. The highest BCUT2D eigenvalue weighted by Crippen LogP contribution is 2.19. The minimum atomic E-state index is 0.644. The normalized spacial score (nSPS) is 27.9. The summed E-state index contributed by atoms with van der Waals surface area (Å²) in [4.78, 5) is 0. The van der Waals surface area contributed by atoms with Crippen LogP contribution in [0.25, 0.3) is 0 Å². The molecule has 1 aliphatic rings. The zero-order valence-corrected chi connectivity index (χ0v) is 9.42. The van der Waals surface area contributed by atoms with E-state index in [0.717, 1.165) is 39.3 Å². The molecule has 0 amide bonds. The monoisotopic (exact) mass is 201 g/mol. The maximum absolute atomic E-state index is 5.49. The highest BCUT2D eigenvalue weighted by Gasteiger charge is 2.23. The van der Waals surface area contributed by atoms with Crippen molar-refractivity contribution in [2.75, 3.05) is 33.5 Å². The minimum Gasteiger partial charge on any atom is -0.382 e. The van der Waals surface area contributed by atoms with Crippen molar-refractivity contribution in [3.8, 4) is 0 Å². The molecule has 1 heterocycles. The molecule has 2 atom stereocenters. The molecule has 0 spiro atoms. The summed E-state index contributed by atoms with van der Waals surface area (Å²) in [5.74, 6) is 0.675. The third kappa shape index (κ3) is 3.95. The van der Waals surface area contributed by atoms with Gasteiger partial charge in [0.2, 0.25) is 0 Å². The van der Waals surface area contributed by atoms with Crippen LogP contribution in [0.5, 0.6) is 0 Å². The van der Waals surface area contributed by atoms with Crippen LogP contribution in [-0.4, -0.2) is 39.5 Å². The Balaban J connectivity index is 2.13. The second kappa shape index (κ2) is 7.21. The van der Waals surface area contributed by atoms with Gasteiger partial charge in [0.1, 0.15) is 0 Å². The molecule has 2 unspecified atom stereocenters. The fourth-order valence-corrected chi connectivity index (χ4v) is 2.05. The van der Waals surface area contributed by atoms with E-state index in [-0.39, 0.29) is 0 Å². The van der Waals surface area contributed by atoms with Crippen LogP contribution in [-0.2, 0) is 9.47 Å². The lowest BCUT2D eigenvalue weighted by Crippen LogP contribution is -2.40. The molecule has 3 heteroatoms. The van der Waals surface area contributed by atoms with Crippen LogP contribution in [0.1, 0.15) is 26.2 Å². The molecule has 1 saturated heterocycles. The number of hydrogen-bond donors (Lipinski definition) is 1. The molecule has 0 aromatic rings. The molecule has 0 aromatic carbocycles. The molecular weight excluding hydrogens is 178 g/mol. The van der Waals surface area contributed by atoms with Crippen molar-refractivity contribution in [3.63, 3.8) is 0 Å². The Bertz CT molecular complexity index is 141. The van der Waals surface area contributed by atoms with Crippen LogP contribution >= 0.6 is 0 Å². The van der Waals surface area contributed by atoms with E-state index in [1.807, 2.05) is 14.0 Å². The van der Waals surface area contributed by atoms with Gasteiger partial charge in [0.15, 0.2) is 0 Å². The number of hydrogen-bond acceptors (Lipinski definition) is 3. The van der Waals surface area contributed by atoms with Crippen molar-refractivity contribution in [2.24, 2.45) is 5.92 Å². The van der Waals surface area contributed by atoms with E-state index < -0.39 is 0 Å². The Morgan fingerprint density at radius 2 is 2.36 bits per heavy atom. The first-order valence-corrected chi connectivity index (χ1v) is 5.71. The fraction of sp³-hybridized carbons (Fsp3) is 1.00. The third-order valence-corrected chi connectivity index (χ3v) is 2.91. The van der Waals surface area contributed by atoms with Gasteiger partial charge in [-0.05, 0) is 39.2 Å². The molecule has 0 aromatic heterocycles. The van der Waals surface area contributed by atoms with E-state index in [2.05, 4.69) is 5.32 Å². The van der Waals surface area contributed by atoms with Crippen LogP contribution < -0.4 is 5.32 Å². The zero-order chi connectivity index (χ0) is 10.2. The first-order chi connectivity index (χ1) is 6.88. The van der Waals surface area contributed by atoms with E-state index in [1.54, 1.807) is 0 Å². The van der Waals surface area contributed by atoms with Crippen molar-refractivity contribution < 1.29 is 9.47 Å². The standard InChI is InChI=1S/C11H23NO2/c1-3-13-7-4-5-10-9-14-8-6-11(10)12-2/h10-12H,3-9H2,1-2H3. The molecule has 0 aliphatic carbocycles. The summed E-state index contributed by atoms with van der Waals surface area (Å²) < 4.78 is 10.8. The van der Waals surface area contributed by atoms with Crippen molar-refractivity contribution in [3.05, 3.63) is 0 Å². The van der Waals surface area contributed by atoms with Crippen molar-refractivity contribution in [2.45, 2.75) is 32.2 Å². The lowest BCUT2D eigenvalue weighted by Gasteiger charge is -2.31. The van der Waals surface area contributed by atoms with Gasteiger partial charge in [0, 0.05) is 25.9 Å². The summed E-state index contributed by atoms with van der Waals surface area (Å²) in [6.45, 7) is 5.59. The second-order valence-corrected chi connectivity index (χ2v) is 3.86. The maximum atomic E-state index is 5.49. The predicted molar refractivity (Wildman–Crippen MR) is 57.5 cm³/mol. The molecule has 84 valence electrons. The van der Waals surface area contributed by atoms with Crippen LogP contribution in [0.2, 0.25) is 0 Å². The Labute approximate surface area is 87.2 Å². The van der Waals surface area contributed by atoms with Crippen LogP contribution in [0.3, 0.4) is 0 Å². The largest absolute Gasteiger partial charge is 0.382 e. The second-order valence-electron chi connectivity index (χ2n) is 3.86. The number of rotatable bonds is 6. The van der Waals surface area contributed by atoms with E-state index in [1.165, 1.54) is 6.42 Å². The highest BCUT2D eigenvalue weighted by molar-refractivity contribution is 4.78. The first-order valence-electron chi connectivity index (χ1n) is 5.71. The topological polar surface area (TPSA) is 30.5 Å². The summed E-state index contributed by atoms with van der Waals surface area (Å²) in [5, 5.41) is 3.37. The Morgan fingerprint density at radius 3 is 3.07 bits per heavy atom. The van der Waals surface area contributed by atoms with Gasteiger partial charge in [-0.2, -0.15) is 0 Å². The average molecular weight is 201 g/mol. The smallest absolute Gasteiger partial charge is 0.0509 e. The Hall–Kier alpha value is -0.120. The summed E-state index contributed by atoms with van der Waals surface area (Å²) in [6.07, 6.45) is 3.52. The molecule has 1 fully saturated rings.